The van der Waals surface area contributed by atoms with Crippen molar-refractivity contribution in [1.82, 2.24) is 4.98 Å². The molecule has 33 heavy (non-hydrogen) atoms. The number of benzene rings is 2. The van der Waals surface area contributed by atoms with Crippen LogP contribution in [0, 0.1) is 5.92 Å². The highest BCUT2D eigenvalue weighted by atomic mass is 32.2. The predicted molar refractivity (Wildman–Crippen MR) is 124 cm³/mol. The minimum atomic E-state index is -3.83. The van der Waals surface area contributed by atoms with Crippen LogP contribution >= 0.6 is 0 Å². The monoisotopic (exact) mass is 467 g/mol. The van der Waals surface area contributed by atoms with Crippen molar-refractivity contribution in [1.29, 1.82) is 0 Å². The Bertz CT molecular complexity index is 1340. The average molecular weight is 468 g/mol. The molecule has 0 spiro atoms. The van der Waals surface area contributed by atoms with Gasteiger partial charge in [0.25, 0.3) is 5.91 Å². The summed E-state index contributed by atoms with van der Waals surface area (Å²) in [6, 6.07) is 12.8. The Morgan fingerprint density at radius 1 is 1.15 bits per heavy atom. The van der Waals surface area contributed by atoms with E-state index < -0.39 is 28.0 Å². The van der Waals surface area contributed by atoms with Gasteiger partial charge in [-0.1, -0.05) is 25.1 Å². The maximum atomic E-state index is 13.2. The maximum Gasteiger partial charge on any atom is 0.339 e. The van der Waals surface area contributed by atoms with Crippen molar-refractivity contribution in [2.24, 2.45) is 11.1 Å². The van der Waals surface area contributed by atoms with E-state index in [9.17, 15) is 18.0 Å². The van der Waals surface area contributed by atoms with E-state index >= 15 is 0 Å². The summed E-state index contributed by atoms with van der Waals surface area (Å²) in [5.41, 5.74) is 3.36. The van der Waals surface area contributed by atoms with Crippen LogP contribution in [0.3, 0.4) is 0 Å². The first-order valence-electron chi connectivity index (χ1n) is 10.7. The van der Waals surface area contributed by atoms with Crippen LogP contribution in [0.5, 0.6) is 0 Å². The van der Waals surface area contributed by atoms with E-state index in [1.807, 2.05) is 24.3 Å². The number of aryl methyl sites for hydroxylation is 1. The topological polar surface area (TPSA) is 128 Å². The number of carbonyl (C=O) groups excluding carboxylic acids is 2. The molecule has 3 aromatic rings. The third kappa shape index (κ3) is 4.89. The molecule has 0 fully saturated rings. The minimum Gasteiger partial charge on any atom is -0.449 e. The van der Waals surface area contributed by atoms with Crippen LogP contribution in [0.2, 0.25) is 0 Å². The summed E-state index contributed by atoms with van der Waals surface area (Å²) in [6.45, 7) is 3.63. The number of pyridine rings is 1. The molecule has 1 aliphatic carbocycles. The fourth-order valence-corrected chi connectivity index (χ4v) is 4.56. The molecule has 2 aromatic carbocycles. The largest absolute Gasteiger partial charge is 0.449 e. The molecular weight excluding hydrogens is 442 g/mol. The molecule has 0 saturated carbocycles. The molecule has 1 heterocycles. The second kappa shape index (κ2) is 8.92. The number of aromatic nitrogens is 1. The fraction of sp³-hybridized carbons (Fsp3) is 0.292. The van der Waals surface area contributed by atoms with Gasteiger partial charge in [-0.2, -0.15) is 0 Å². The Morgan fingerprint density at radius 3 is 2.55 bits per heavy atom. The number of carbonyl (C=O) groups is 2. The lowest BCUT2D eigenvalue weighted by Gasteiger charge is -2.24. The first-order valence-corrected chi connectivity index (χ1v) is 12.2. The minimum absolute atomic E-state index is 0.0662. The lowest BCUT2D eigenvalue weighted by Crippen LogP contribution is -2.31. The molecule has 0 radical (unpaired) electrons. The number of sulfonamides is 1. The Labute approximate surface area is 192 Å². The lowest BCUT2D eigenvalue weighted by molar-refractivity contribution is -0.123. The number of primary sulfonamides is 1. The molecule has 1 aliphatic rings. The Morgan fingerprint density at radius 2 is 1.85 bits per heavy atom. The van der Waals surface area contributed by atoms with E-state index in [1.54, 1.807) is 0 Å². The summed E-state index contributed by atoms with van der Waals surface area (Å²) >= 11 is 0. The van der Waals surface area contributed by atoms with Gasteiger partial charge < -0.3 is 10.1 Å². The highest BCUT2D eigenvalue weighted by Crippen LogP contribution is 2.32. The highest BCUT2D eigenvalue weighted by Gasteiger charge is 2.28. The molecule has 172 valence electrons. The van der Waals surface area contributed by atoms with Crippen molar-refractivity contribution < 1.29 is 22.7 Å². The van der Waals surface area contributed by atoms with E-state index in [0.29, 0.717) is 22.6 Å². The average Bonchev–Trinajstić information content (AvgIpc) is 2.77. The molecule has 2 atom stereocenters. The van der Waals surface area contributed by atoms with Crippen LogP contribution in [0.15, 0.2) is 53.4 Å². The standard InChI is InChI=1S/C24H25N3O5S/c1-14-7-12-21-19(13-14)22(18-5-3-4-6-20(18)27-21)24(29)32-15(2)23(28)26-16-8-10-17(11-9-16)33(25,30)31/h3-6,8-11,14-15H,7,12-13H2,1-2H3,(H,26,28)(H2,25,30,31)/t14-,15+/m1/s1. The molecule has 1 amide bonds. The van der Waals surface area contributed by atoms with Gasteiger partial charge in [-0.3, -0.25) is 9.78 Å². The Hall–Kier alpha value is -3.30. The van der Waals surface area contributed by atoms with Crippen LogP contribution in [0.25, 0.3) is 10.9 Å². The summed E-state index contributed by atoms with van der Waals surface area (Å²) in [6.07, 6.45) is 1.47. The molecule has 3 N–H and O–H groups in total. The number of ether oxygens (including phenoxy) is 1. The SMILES string of the molecule is C[C@@H]1CCc2nc3ccccc3c(C(=O)O[C@@H](C)C(=O)Nc3ccc(S(N)(=O)=O)cc3)c2C1. The van der Waals surface area contributed by atoms with E-state index in [4.69, 9.17) is 14.9 Å². The van der Waals surface area contributed by atoms with Gasteiger partial charge in [0, 0.05) is 16.8 Å². The molecule has 0 unspecified atom stereocenters. The second-order valence-electron chi connectivity index (χ2n) is 8.38. The van der Waals surface area contributed by atoms with Crippen LogP contribution in [0.1, 0.15) is 41.9 Å². The highest BCUT2D eigenvalue weighted by molar-refractivity contribution is 7.89. The summed E-state index contributed by atoms with van der Waals surface area (Å²) in [7, 11) is -3.83. The first kappa shape index (κ1) is 22.9. The van der Waals surface area contributed by atoms with Gasteiger partial charge in [0.1, 0.15) is 0 Å². The normalized spacial score (nSPS) is 16.6. The second-order valence-corrected chi connectivity index (χ2v) is 9.94. The fourth-order valence-electron chi connectivity index (χ4n) is 4.04. The summed E-state index contributed by atoms with van der Waals surface area (Å²) < 4.78 is 28.3. The summed E-state index contributed by atoms with van der Waals surface area (Å²) in [4.78, 5) is 30.6. The third-order valence-electron chi connectivity index (χ3n) is 5.81. The molecule has 4 rings (SSSR count). The number of amides is 1. The van der Waals surface area contributed by atoms with E-state index in [1.165, 1.54) is 31.2 Å². The number of hydrogen-bond donors (Lipinski definition) is 2. The number of nitrogens with zero attached hydrogens (tertiary/aromatic N) is 1. The number of hydrogen-bond acceptors (Lipinski definition) is 6. The van der Waals surface area contributed by atoms with Crippen molar-refractivity contribution in [2.75, 3.05) is 5.32 Å². The molecule has 9 heteroatoms. The number of esters is 1. The lowest BCUT2D eigenvalue weighted by atomic mass is 9.84. The van der Waals surface area contributed by atoms with Crippen molar-refractivity contribution in [2.45, 2.75) is 44.1 Å². The Balaban J connectivity index is 1.55. The van der Waals surface area contributed by atoms with Gasteiger partial charge in [0.05, 0.1) is 16.0 Å². The molecule has 0 bridgehead atoms. The number of anilines is 1. The van der Waals surface area contributed by atoms with Crippen LogP contribution < -0.4 is 10.5 Å². The van der Waals surface area contributed by atoms with Gasteiger partial charge in [0.15, 0.2) is 6.10 Å². The van der Waals surface area contributed by atoms with Crippen LogP contribution in [-0.2, 0) is 32.4 Å². The smallest absolute Gasteiger partial charge is 0.339 e. The van der Waals surface area contributed by atoms with Crippen molar-refractivity contribution in [3.8, 4) is 0 Å². The first-order chi connectivity index (χ1) is 15.6. The summed E-state index contributed by atoms with van der Waals surface area (Å²) in [5, 5.41) is 8.42. The van der Waals surface area contributed by atoms with Gasteiger partial charge in [-0.25, -0.2) is 18.4 Å². The van der Waals surface area contributed by atoms with Gasteiger partial charge in [-0.05, 0) is 68.0 Å². The van der Waals surface area contributed by atoms with Crippen molar-refractivity contribution >= 4 is 38.5 Å². The van der Waals surface area contributed by atoms with Gasteiger partial charge in [-0.15, -0.1) is 0 Å². The van der Waals surface area contributed by atoms with E-state index in [2.05, 4.69) is 12.2 Å². The third-order valence-corrected chi connectivity index (χ3v) is 6.74. The van der Waals surface area contributed by atoms with Crippen LogP contribution in [-0.4, -0.2) is 31.4 Å². The van der Waals surface area contributed by atoms with Crippen molar-refractivity contribution in [3.63, 3.8) is 0 Å². The molecular formula is C24H25N3O5S. The van der Waals surface area contributed by atoms with E-state index in [-0.39, 0.29) is 4.90 Å². The molecule has 0 saturated heterocycles. The van der Waals surface area contributed by atoms with Crippen molar-refractivity contribution in [3.05, 3.63) is 65.4 Å². The molecule has 0 aliphatic heterocycles. The number of nitrogens with one attached hydrogen (secondary N) is 1. The summed E-state index contributed by atoms with van der Waals surface area (Å²) in [5.74, 6) is -0.675. The predicted octanol–water partition coefficient (Wildman–Crippen LogP) is 3.19. The van der Waals surface area contributed by atoms with E-state index in [0.717, 1.165) is 36.0 Å². The quantitative estimate of drug-likeness (QED) is 0.555. The zero-order valence-electron chi connectivity index (χ0n) is 18.4. The number of para-hydroxylation sites is 1. The zero-order valence-corrected chi connectivity index (χ0v) is 19.2. The van der Waals surface area contributed by atoms with Crippen LogP contribution in [0.4, 0.5) is 5.69 Å². The number of nitrogens with two attached hydrogens (primary N) is 1. The molecule has 8 nitrogen and oxygen atoms in total. The maximum absolute atomic E-state index is 13.2. The zero-order chi connectivity index (χ0) is 23.8. The van der Waals surface area contributed by atoms with Gasteiger partial charge >= 0.3 is 5.97 Å². The number of rotatable bonds is 5. The Kier molecular flexibility index (Phi) is 6.18. The molecule has 1 aromatic heterocycles. The number of fused-ring (bicyclic) bond motifs is 2. The van der Waals surface area contributed by atoms with Gasteiger partial charge in [0.2, 0.25) is 10.0 Å².